The molecule has 2 unspecified atom stereocenters. The molecule has 2 atom stereocenters. The van der Waals surface area contributed by atoms with E-state index in [0.29, 0.717) is 23.7 Å². The molecule has 0 aliphatic heterocycles. The molecule has 0 radical (unpaired) electrons. The number of benzene rings is 1. The Morgan fingerprint density at radius 2 is 2.18 bits per heavy atom. The van der Waals surface area contributed by atoms with Gasteiger partial charge < -0.3 is 10.4 Å². The highest BCUT2D eigenvalue weighted by molar-refractivity contribution is 6.30. The van der Waals surface area contributed by atoms with E-state index in [2.05, 4.69) is 10.4 Å². The number of carbonyl (C=O) groups is 1. The van der Waals surface area contributed by atoms with Crippen LogP contribution in [-0.4, -0.2) is 33.4 Å². The van der Waals surface area contributed by atoms with Crippen molar-refractivity contribution >= 4 is 17.5 Å². The van der Waals surface area contributed by atoms with Crippen LogP contribution < -0.4 is 5.32 Å². The van der Waals surface area contributed by atoms with Gasteiger partial charge in [-0.05, 0) is 43.5 Å². The van der Waals surface area contributed by atoms with Crippen molar-refractivity contribution < 1.29 is 9.90 Å². The summed E-state index contributed by atoms with van der Waals surface area (Å²) in [6.07, 6.45) is 2.01. The fourth-order valence-corrected chi connectivity index (χ4v) is 2.42. The molecule has 1 aromatic heterocycles. The Morgan fingerprint density at radius 3 is 2.86 bits per heavy atom. The van der Waals surface area contributed by atoms with Gasteiger partial charge in [0.2, 0.25) is 0 Å². The standard InChI is InChI=1S/C16H20ClN3O2/c1-11(8-12(2)21)10-18-16(22)15-6-7-20(19-15)14-5-3-4-13(17)9-14/h3-7,9,11-12,21H,8,10H2,1-2H3,(H,18,22). The number of nitrogens with zero attached hydrogens (tertiary/aromatic N) is 2. The summed E-state index contributed by atoms with van der Waals surface area (Å²) in [4.78, 5) is 12.1. The molecule has 1 heterocycles. The summed E-state index contributed by atoms with van der Waals surface area (Å²) in [5, 5.41) is 17.0. The van der Waals surface area contributed by atoms with E-state index in [1.54, 1.807) is 36.0 Å². The van der Waals surface area contributed by atoms with Crippen molar-refractivity contribution in [2.24, 2.45) is 5.92 Å². The lowest BCUT2D eigenvalue weighted by atomic mass is 10.0. The molecule has 0 aliphatic carbocycles. The van der Waals surface area contributed by atoms with Crippen LogP contribution in [0, 0.1) is 5.92 Å². The minimum Gasteiger partial charge on any atom is -0.393 e. The number of nitrogens with one attached hydrogen (secondary N) is 1. The Labute approximate surface area is 134 Å². The number of amides is 1. The Morgan fingerprint density at radius 1 is 1.41 bits per heavy atom. The fourth-order valence-electron chi connectivity index (χ4n) is 2.23. The number of hydrogen-bond donors (Lipinski definition) is 2. The van der Waals surface area contributed by atoms with Crippen molar-refractivity contribution in [3.63, 3.8) is 0 Å². The van der Waals surface area contributed by atoms with Gasteiger partial charge in [-0.2, -0.15) is 5.10 Å². The minimum absolute atomic E-state index is 0.207. The van der Waals surface area contributed by atoms with Gasteiger partial charge in [0.15, 0.2) is 5.69 Å². The number of aromatic nitrogens is 2. The third kappa shape index (κ3) is 4.58. The first-order valence-corrected chi connectivity index (χ1v) is 7.61. The summed E-state index contributed by atoms with van der Waals surface area (Å²) in [6.45, 7) is 4.23. The first kappa shape index (κ1) is 16.5. The number of carbonyl (C=O) groups excluding carboxylic acids is 1. The SMILES string of the molecule is CC(O)CC(C)CNC(=O)c1ccn(-c2cccc(Cl)c2)n1. The Balaban J connectivity index is 1.97. The maximum Gasteiger partial charge on any atom is 0.271 e. The van der Waals surface area contributed by atoms with Crippen molar-refractivity contribution in [1.82, 2.24) is 15.1 Å². The number of rotatable bonds is 6. The zero-order valence-corrected chi connectivity index (χ0v) is 13.4. The molecule has 2 rings (SSSR count). The molecule has 1 amide bonds. The Bertz CT molecular complexity index is 640. The predicted molar refractivity (Wildman–Crippen MR) is 86.4 cm³/mol. The second-order valence-corrected chi connectivity index (χ2v) is 5.96. The normalized spacial score (nSPS) is 13.6. The van der Waals surface area contributed by atoms with Gasteiger partial charge in [0, 0.05) is 17.8 Å². The van der Waals surface area contributed by atoms with E-state index in [-0.39, 0.29) is 17.9 Å². The molecule has 22 heavy (non-hydrogen) atoms. The highest BCUT2D eigenvalue weighted by Crippen LogP contribution is 2.14. The number of aliphatic hydroxyl groups is 1. The molecule has 0 fully saturated rings. The first-order valence-electron chi connectivity index (χ1n) is 7.23. The topological polar surface area (TPSA) is 67.2 Å². The van der Waals surface area contributed by atoms with Gasteiger partial charge in [-0.3, -0.25) is 4.79 Å². The van der Waals surface area contributed by atoms with Crippen LogP contribution in [0.2, 0.25) is 5.02 Å². The molecule has 1 aromatic carbocycles. The Kier molecular flexibility index (Phi) is 5.57. The molecule has 2 aromatic rings. The van der Waals surface area contributed by atoms with Crippen LogP contribution in [0.3, 0.4) is 0 Å². The van der Waals surface area contributed by atoms with Crippen molar-refractivity contribution in [3.8, 4) is 5.69 Å². The van der Waals surface area contributed by atoms with Crippen molar-refractivity contribution in [1.29, 1.82) is 0 Å². The lowest BCUT2D eigenvalue weighted by Gasteiger charge is -2.13. The van der Waals surface area contributed by atoms with E-state index in [9.17, 15) is 9.90 Å². The summed E-state index contributed by atoms with van der Waals surface area (Å²) in [6, 6.07) is 8.92. The molecule has 0 saturated carbocycles. The fraction of sp³-hybridized carbons (Fsp3) is 0.375. The summed E-state index contributed by atoms with van der Waals surface area (Å²) >= 11 is 5.95. The minimum atomic E-state index is -0.367. The summed E-state index contributed by atoms with van der Waals surface area (Å²) in [5.74, 6) is -0.0165. The molecule has 0 bridgehead atoms. The highest BCUT2D eigenvalue weighted by atomic mass is 35.5. The van der Waals surface area contributed by atoms with E-state index >= 15 is 0 Å². The van der Waals surface area contributed by atoms with Gasteiger partial charge in [0.1, 0.15) is 0 Å². The van der Waals surface area contributed by atoms with E-state index in [1.165, 1.54) is 0 Å². The smallest absolute Gasteiger partial charge is 0.271 e. The van der Waals surface area contributed by atoms with Crippen molar-refractivity contribution in [2.75, 3.05) is 6.54 Å². The average molecular weight is 322 g/mol. The average Bonchev–Trinajstić information content (AvgIpc) is 2.94. The summed E-state index contributed by atoms with van der Waals surface area (Å²) in [5.41, 5.74) is 1.15. The maximum atomic E-state index is 12.1. The van der Waals surface area contributed by atoms with E-state index in [1.807, 2.05) is 19.1 Å². The molecule has 0 saturated heterocycles. The van der Waals surface area contributed by atoms with E-state index in [4.69, 9.17) is 11.6 Å². The molecule has 118 valence electrons. The highest BCUT2D eigenvalue weighted by Gasteiger charge is 2.12. The second kappa shape index (κ2) is 7.42. The lowest BCUT2D eigenvalue weighted by molar-refractivity contribution is 0.0934. The second-order valence-electron chi connectivity index (χ2n) is 5.53. The molecule has 0 spiro atoms. The van der Waals surface area contributed by atoms with Gasteiger partial charge in [-0.1, -0.05) is 24.6 Å². The van der Waals surface area contributed by atoms with Crippen LogP contribution in [0.1, 0.15) is 30.8 Å². The predicted octanol–water partition coefficient (Wildman–Crippen LogP) is 2.66. The maximum absolute atomic E-state index is 12.1. The first-order chi connectivity index (χ1) is 10.5. The van der Waals surface area contributed by atoms with Crippen LogP contribution in [0.5, 0.6) is 0 Å². The van der Waals surface area contributed by atoms with Crippen LogP contribution in [-0.2, 0) is 0 Å². The van der Waals surface area contributed by atoms with Crippen LogP contribution in [0.25, 0.3) is 5.69 Å². The number of halogens is 1. The summed E-state index contributed by atoms with van der Waals surface area (Å²) < 4.78 is 1.61. The molecule has 5 nitrogen and oxygen atoms in total. The molecule has 2 N–H and O–H groups in total. The number of hydrogen-bond acceptors (Lipinski definition) is 3. The van der Waals surface area contributed by atoms with Gasteiger partial charge in [0.25, 0.3) is 5.91 Å². The van der Waals surface area contributed by atoms with Crippen LogP contribution in [0.15, 0.2) is 36.5 Å². The van der Waals surface area contributed by atoms with Gasteiger partial charge in [0.05, 0.1) is 11.8 Å². The van der Waals surface area contributed by atoms with Gasteiger partial charge in [-0.25, -0.2) is 4.68 Å². The molecular weight excluding hydrogens is 302 g/mol. The van der Waals surface area contributed by atoms with E-state index < -0.39 is 0 Å². The molecule has 0 aliphatic rings. The van der Waals surface area contributed by atoms with Crippen molar-refractivity contribution in [3.05, 3.63) is 47.2 Å². The van der Waals surface area contributed by atoms with Gasteiger partial charge >= 0.3 is 0 Å². The van der Waals surface area contributed by atoms with Crippen molar-refractivity contribution in [2.45, 2.75) is 26.4 Å². The zero-order chi connectivity index (χ0) is 16.1. The number of aliphatic hydroxyl groups excluding tert-OH is 1. The molecule has 6 heteroatoms. The zero-order valence-electron chi connectivity index (χ0n) is 12.7. The van der Waals surface area contributed by atoms with Gasteiger partial charge in [-0.15, -0.1) is 0 Å². The monoisotopic (exact) mass is 321 g/mol. The van der Waals surface area contributed by atoms with Crippen LogP contribution >= 0.6 is 11.6 Å². The lowest BCUT2D eigenvalue weighted by Crippen LogP contribution is -2.29. The van der Waals surface area contributed by atoms with E-state index in [0.717, 1.165) is 5.69 Å². The third-order valence-corrected chi connectivity index (χ3v) is 3.48. The third-order valence-electron chi connectivity index (χ3n) is 3.25. The molecular formula is C16H20ClN3O2. The Hall–Kier alpha value is -1.85. The largest absolute Gasteiger partial charge is 0.393 e. The summed E-state index contributed by atoms with van der Waals surface area (Å²) in [7, 11) is 0. The quantitative estimate of drug-likeness (QED) is 0.859. The van der Waals surface area contributed by atoms with Crippen LogP contribution in [0.4, 0.5) is 0 Å².